The molecule has 4 aliphatic rings. The maximum Gasteiger partial charge on any atom is 0.161 e. The van der Waals surface area contributed by atoms with Gasteiger partial charge in [0.2, 0.25) is 0 Å². The molecular formula is C29H39N7O2S. The summed E-state index contributed by atoms with van der Waals surface area (Å²) in [5.74, 6) is 0.127. The van der Waals surface area contributed by atoms with E-state index in [0.29, 0.717) is 12.0 Å². The van der Waals surface area contributed by atoms with E-state index in [2.05, 4.69) is 39.8 Å². The van der Waals surface area contributed by atoms with Crippen molar-refractivity contribution in [2.24, 2.45) is 44.4 Å². The average molecular weight is 550 g/mol. The van der Waals surface area contributed by atoms with Crippen LogP contribution in [-0.4, -0.2) is 75.0 Å². The number of methoxy groups -OCH3 is 1. The Hall–Kier alpha value is -2.94. The van der Waals surface area contributed by atoms with Crippen molar-refractivity contribution in [1.29, 1.82) is 0 Å². The van der Waals surface area contributed by atoms with Crippen LogP contribution in [0.2, 0.25) is 0 Å². The second-order valence-electron chi connectivity index (χ2n) is 11.5. The first-order valence-corrected chi connectivity index (χ1v) is 15.3. The smallest absolute Gasteiger partial charge is 0.161 e. The molecule has 1 fully saturated rings. The van der Waals surface area contributed by atoms with E-state index in [1.165, 1.54) is 6.42 Å². The topological polar surface area (TPSA) is 96.8 Å². The lowest BCUT2D eigenvalue weighted by atomic mass is 9.68. The predicted octanol–water partition coefficient (Wildman–Crippen LogP) is 4.26. The summed E-state index contributed by atoms with van der Waals surface area (Å²) < 4.78 is 19.9. The molecule has 1 aromatic heterocycles. The fraction of sp³-hybridized carbons (Fsp3) is 0.586. The number of aliphatic imine (C=N–C) groups is 3. The maximum absolute atomic E-state index is 12.9. The van der Waals surface area contributed by atoms with Crippen molar-refractivity contribution in [1.82, 2.24) is 14.8 Å². The normalized spacial score (nSPS) is 31.2. The third-order valence-corrected chi connectivity index (χ3v) is 9.45. The Balaban J connectivity index is 1.40. The van der Waals surface area contributed by atoms with Crippen LogP contribution in [0.3, 0.4) is 0 Å². The monoisotopic (exact) mass is 549 g/mol. The highest BCUT2D eigenvalue weighted by Gasteiger charge is 2.48. The summed E-state index contributed by atoms with van der Waals surface area (Å²) in [6.45, 7) is 5.74. The highest BCUT2D eigenvalue weighted by molar-refractivity contribution is 7.89. The molecule has 10 heteroatoms. The van der Waals surface area contributed by atoms with Gasteiger partial charge in [0, 0.05) is 63.3 Å². The first-order valence-electron chi connectivity index (χ1n) is 13.7. The fourth-order valence-corrected chi connectivity index (χ4v) is 6.80. The van der Waals surface area contributed by atoms with Gasteiger partial charge < -0.3 is 4.74 Å². The number of hydrazone groups is 1. The van der Waals surface area contributed by atoms with Crippen LogP contribution in [0, 0.1) is 17.3 Å². The molecule has 3 atom stereocenters. The van der Waals surface area contributed by atoms with Gasteiger partial charge in [-0.25, -0.2) is 10.0 Å². The van der Waals surface area contributed by atoms with Gasteiger partial charge in [0.15, 0.2) is 5.66 Å². The molecule has 3 aliphatic heterocycles. The molecule has 4 heterocycles. The molecule has 0 bridgehead atoms. The number of hydrogen-bond acceptors (Lipinski definition) is 8. The lowest BCUT2D eigenvalue weighted by Gasteiger charge is -2.42. The third-order valence-electron chi connectivity index (χ3n) is 8.52. The average Bonchev–Trinajstić information content (AvgIpc) is 3.46. The van der Waals surface area contributed by atoms with E-state index in [1.54, 1.807) is 24.2 Å². The quantitative estimate of drug-likeness (QED) is 0.357. The SMILES string of the molecule is COCCCC1(C)CCC(C2=NC3(C)C(C4=C=CN=C(c5ccn(C)n5)CN=C4)C=NN3C=C2S(C)=O)CC1. The van der Waals surface area contributed by atoms with Gasteiger partial charge in [-0.15, -0.1) is 0 Å². The zero-order chi connectivity index (χ0) is 27.6. The van der Waals surface area contributed by atoms with E-state index in [4.69, 9.17) is 9.73 Å². The van der Waals surface area contributed by atoms with Crippen LogP contribution in [0.15, 0.2) is 61.0 Å². The van der Waals surface area contributed by atoms with Crippen molar-refractivity contribution in [3.63, 3.8) is 0 Å². The van der Waals surface area contributed by atoms with Crippen molar-refractivity contribution >= 4 is 34.7 Å². The summed E-state index contributed by atoms with van der Waals surface area (Å²) >= 11 is 0. The molecule has 3 unspecified atom stereocenters. The standard InChI is InChI=1S/C29H39N7O2S/c1-28(11-6-16-38-4)12-7-21(8-13-28)27-26(39(5)37)20-36-29(2,33-27)23(18-32-36)22-9-14-31-25(19-30-17-22)24-10-15-35(3)34-24/h10,14-15,17-18,20-21,23H,6-8,11-13,16,19H2,1-5H3. The highest BCUT2D eigenvalue weighted by Crippen LogP contribution is 2.46. The minimum Gasteiger partial charge on any atom is -0.385 e. The molecule has 1 aromatic rings. The highest BCUT2D eigenvalue weighted by atomic mass is 32.2. The predicted molar refractivity (Wildman–Crippen MR) is 158 cm³/mol. The second-order valence-corrected chi connectivity index (χ2v) is 12.8. The number of hydrogen-bond donors (Lipinski definition) is 0. The Bertz CT molecular complexity index is 1340. The number of aromatic nitrogens is 2. The Kier molecular flexibility index (Phi) is 7.99. The summed E-state index contributed by atoms with van der Waals surface area (Å²) in [4.78, 5) is 15.4. The lowest BCUT2D eigenvalue weighted by molar-refractivity contribution is 0.137. The molecular weight excluding hydrogens is 510 g/mol. The van der Waals surface area contributed by atoms with Crippen LogP contribution < -0.4 is 0 Å². The molecule has 5 rings (SSSR count). The number of rotatable bonds is 8. The minimum absolute atomic E-state index is 0.162. The van der Waals surface area contributed by atoms with Crippen molar-refractivity contribution in [2.45, 2.75) is 58.0 Å². The van der Waals surface area contributed by atoms with Crippen molar-refractivity contribution in [2.75, 3.05) is 26.5 Å². The van der Waals surface area contributed by atoms with E-state index in [9.17, 15) is 4.21 Å². The van der Waals surface area contributed by atoms with Crippen molar-refractivity contribution in [3.05, 3.63) is 46.6 Å². The number of fused-ring (bicyclic) bond motifs is 1. The summed E-state index contributed by atoms with van der Waals surface area (Å²) in [5, 5.41) is 11.0. The Morgan fingerprint density at radius 2 is 2.05 bits per heavy atom. The molecule has 0 N–H and O–H groups in total. The Labute approximate surface area is 233 Å². The third kappa shape index (κ3) is 5.69. The Morgan fingerprint density at radius 3 is 2.74 bits per heavy atom. The molecule has 0 saturated heterocycles. The zero-order valence-electron chi connectivity index (χ0n) is 23.6. The summed E-state index contributed by atoms with van der Waals surface area (Å²) in [5.41, 5.74) is 6.45. The van der Waals surface area contributed by atoms with Gasteiger partial charge in [0.25, 0.3) is 0 Å². The molecule has 9 nitrogen and oxygen atoms in total. The van der Waals surface area contributed by atoms with Gasteiger partial charge in [0.1, 0.15) is 5.69 Å². The molecule has 0 radical (unpaired) electrons. The van der Waals surface area contributed by atoms with Crippen molar-refractivity contribution < 1.29 is 8.95 Å². The van der Waals surface area contributed by atoms with Crippen LogP contribution in [-0.2, 0) is 22.6 Å². The summed E-state index contributed by atoms with van der Waals surface area (Å²) in [6.07, 6.45) is 17.7. The van der Waals surface area contributed by atoms with Gasteiger partial charge >= 0.3 is 0 Å². The van der Waals surface area contributed by atoms with Crippen LogP contribution in [0.5, 0.6) is 0 Å². The van der Waals surface area contributed by atoms with Crippen LogP contribution in [0.4, 0.5) is 0 Å². The van der Waals surface area contributed by atoms with Gasteiger partial charge in [-0.2, -0.15) is 10.2 Å². The number of aryl methyl sites for hydroxylation is 1. The Morgan fingerprint density at radius 1 is 1.26 bits per heavy atom. The van der Waals surface area contributed by atoms with E-state index < -0.39 is 16.5 Å². The lowest BCUT2D eigenvalue weighted by Crippen LogP contribution is -2.47. The van der Waals surface area contributed by atoms with Gasteiger partial charge in [-0.3, -0.25) is 18.9 Å². The first-order chi connectivity index (χ1) is 18.7. The molecule has 208 valence electrons. The number of nitrogens with zero attached hydrogens (tertiary/aromatic N) is 7. The maximum atomic E-state index is 12.9. The number of allylic oxidation sites excluding steroid dienone is 1. The largest absolute Gasteiger partial charge is 0.385 e. The zero-order valence-corrected chi connectivity index (χ0v) is 24.4. The van der Waals surface area contributed by atoms with E-state index in [-0.39, 0.29) is 11.8 Å². The van der Waals surface area contributed by atoms with Crippen LogP contribution >= 0.6 is 0 Å². The van der Waals surface area contributed by atoms with E-state index in [0.717, 1.165) is 66.3 Å². The minimum atomic E-state index is -1.16. The fourth-order valence-electron chi connectivity index (χ4n) is 6.05. The number of ether oxygens (including phenoxy) is 1. The summed E-state index contributed by atoms with van der Waals surface area (Å²) in [6, 6.07) is 1.93. The molecule has 39 heavy (non-hydrogen) atoms. The molecule has 1 saturated carbocycles. The van der Waals surface area contributed by atoms with E-state index >= 15 is 0 Å². The van der Waals surface area contributed by atoms with Crippen molar-refractivity contribution in [3.8, 4) is 0 Å². The second kappa shape index (κ2) is 11.3. The molecule has 0 aromatic carbocycles. The van der Waals surface area contributed by atoms with Gasteiger partial charge in [-0.05, 0) is 56.9 Å². The molecule has 1 aliphatic carbocycles. The first kappa shape index (κ1) is 27.6. The van der Waals surface area contributed by atoms with Gasteiger partial charge in [-0.1, -0.05) is 12.7 Å². The van der Waals surface area contributed by atoms with E-state index in [1.807, 2.05) is 42.9 Å². The molecule has 0 spiro atoms. The molecule has 0 amide bonds. The summed E-state index contributed by atoms with van der Waals surface area (Å²) in [7, 11) is 2.49. The van der Waals surface area contributed by atoms with Gasteiger partial charge in [0.05, 0.1) is 45.8 Å². The van der Waals surface area contributed by atoms with Crippen LogP contribution in [0.25, 0.3) is 0 Å². The van der Waals surface area contributed by atoms with Crippen LogP contribution in [0.1, 0.15) is 58.1 Å².